The first-order valence-corrected chi connectivity index (χ1v) is 10.5. The Bertz CT molecular complexity index is 447. The summed E-state index contributed by atoms with van der Waals surface area (Å²) in [7, 11) is 0. The molecule has 2 saturated carbocycles. The summed E-state index contributed by atoms with van der Waals surface area (Å²) in [5.41, 5.74) is 1.55. The van der Waals surface area contributed by atoms with E-state index in [1.807, 2.05) is 0 Å². The Balaban J connectivity index is 1.43. The molecule has 0 aromatic heterocycles. The minimum absolute atomic E-state index is 0.807. The molecule has 0 bridgehead atoms. The van der Waals surface area contributed by atoms with Crippen LogP contribution in [0.1, 0.15) is 89.0 Å². The Labute approximate surface area is 148 Å². The summed E-state index contributed by atoms with van der Waals surface area (Å²) in [5.74, 6) is 3.94. The SMILES string of the molecule is CCCCC1CCC(C2CCC(c3ccc(S)cc3)CC2)CC1. The van der Waals surface area contributed by atoms with Crippen LogP contribution in [0.3, 0.4) is 0 Å². The molecule has 0 amide bonds. The molecule has 1 heteroatoms. The Kier molecular flexibility index (Phi) is 6.51. The van der Waals surface area contributed by atoms with Crippen LogP contribution < -0.4 is 0 Å². The van der Waals surface area contributed by atoms with Crippen molar-refractivity contribution >= 4 is 12.6 Å². The fourth-order valence-corrected chi connectivity index (χ4v) is 5.26. The first-order chi connectivity index (χ1) is 11.3. The number of unbranched alkanes of at least 4 members (excludes halogenated alkanes) is 1. The van der Waals surface area contributed by atoms with Gasteiger partial charge in [-0.2, -0.15) is 0 Å². The monoisotopic (exact) mass is 330 g/mol. The summed E-state index contributed by atoms with van der Waals surface area (Å²) in [5, 5.41) is 0. The molecule has 0 spiro atoms. The van der Waals surface area contributed by atoms with Gasteiger partial charge in [-0.1, -0.05) is 51.2 Å². The van der Waals surface area contributed by atoms with Crippen molar-refractivity contribution in [2.75, 3.05) is 0 Å². The van der Waals surface area contributed by atoms with Gasteiger partial charge in [0.25, 0.3) is 0 Å². The van der Waals surface area contributed by atoms with Crippen molar-refractivity contribution in [3.8, 4) is 0 Å². The quantitative estimate of drug-likeness (QED) is 0.540. The van der Waals surface area contributed by atoms with Gasteiger partial charge in [0.2, 0.25) is 0 Å². The van der Waals surface area contributed by atoms with E-state index in [-0.39, 0.29) is 0 Å². The molecular weight excluding hydrogens is 296 g/mol. The van der Waals surface area contributed by atoms with Crippen molar-refractivity contribution in [1.82, 2.24) is 0 Å². The molecule has 1 aromatic carbocycles. The maximum absolute atomic E-state index is 4.41. The van der Waals surface area contributed by atoms with E-state index in [2.05, 4.69) is 43.8 Å². The van der Waals surface area contributed by atoms with Gasteiger partial charge in [0.05, 0.1) is 0 Å². The second-order valence-electron chi connectivity index (χ2n) is 8.13. The lowest BCUT2D eigenvalue weighted by Crippen LogP contribution is -2.25. The van der Waals surface area contributed by atoms with Gasteiger partial charge in [0.15, 0.2) is 0 Å². The maximum atomic E-state index is 4.41. The third-order valence-corrected chi connectivity index (χ3v) is 6.96. The van der Waals surface area contributed by atoms with Crippen molar-refractivity contribution in [3.63, 3.8) is 0 Å². The molecule has 0 aliphatic heterocycles. The lowest BCUT2D eigenvalue weighted by molar-refractivity contribution is 0.156. The van der Waals surface area contributed by atoms with Gasteiger partial charge in [-0.05, 0) is 79.9 Å². The van der Waals surface area contributed by atoms with E-state index >= 15 is 0 Å². The van der Waals surface area contributed by atoms with Gasteiger partial charge in [-0.15, -0.1) is 12.6 Å². The zero-order chi connectivity index (χ0) is 16.1. The second-order valence-corrected chi connectivity index (χ2v) is 8.64. The van der Waals surface area contributed by atoms with Gasteiger partial charge in [0, 0.05) is 4.90 Å². The van der Waals surface area contributed by atoms with Gasteiger partial charge in [-0.25, -0.2) is 0 Å². The fraction of sp³-hybridized carbons (Fsp3) is 0.727. The van der Waals surface area contributed by atoms with E-state index in [4.69, 9.17) is 0 Å². The van der Waals surface area contributed by atoms with Crippen molar-refractivity contribution in [3.05, 3.63) is 29.8 Å². The normalized spacial score (nSPS) is 31.9. The number of thiol groups is 1. The Morgan fingerprint density at radius 3 is 1.96 bits per heavy atom. The molecule has 3 rings (SSSR count). The van der Waals surface area contributed by atoms with E-state index in [1.165, 1.54) is 70.6 Å². The Morgan fingerprint density at radius 2 is 1.39 bits per heavy atom. The minimum Gasteiger partial charge on any atom is -0.143 e. The molecule has 0 unspecified atom stereocenters. The van der Waals surface area contributed by atoms with E-state index in [0.717, 1.165) is 28.6 Å². The third-order valence-electron chi connectivity index (χ3n) is 6.66. The van der Waals surface area contributed by atoms with Crippen molar-refractivity contribution < 1.29 is 0 Å². The third kappa shape index (κ3) is 4.78. The molecule has 0 N–H and O–H groups in total. The lowest BCUT2D eigenvalue weighted by Gasteiger charge is -2.38. The largest absolute Gasteiger partial charge is 0.143 e. The van der Waals surface area contributed by atoms with Crippen molar-refractivity contribution in [1.29, 1.82) is 0 Å². The molecule has 1 aromatic rings. The van der Waals surface area contributed by atoms with E-state index in [9.17, 15) is 0 Å². The zero-order valence-electron chi connectivity index (χ0n) is 14.8. The fourth-order valence-electron chi connectivity index (χ4n) is 5.11. The summed E-state index contributed by atoms with van der Waals surface area (Å²) >= 11 is 4.41. The topological polar surface area (TPSA) is 0 Å². The van der Waals surface area contributed by atoms with Crippen LogP contribution in [-0.2, 0) is 0 Å². The van der Waals surface area contributed by atoms with Gasteiger partial charge in [0.1, 0.15) is 0 Å². The molecule has 0 saturated heterocycles. The van der Waals surface area contributed by atoms with Crippen LogP contribution in [0.15, 0.2) is 29.2 Å². The zero-order valence-corrected chi connectivity index (χ0v) is 15.7. The Hall–Kier alpha value is -0.430. The van der Waals surface area contributed by atoms with Crippen molar-refractivity contribution in [2.45, 2.75) is 88.4 Å². The summed E-state index contributed by atoms with van der Waals surface area (Å²) in [6.07, 6.45) is 16.2. The molecule has 2 aliphatic carbocycles. The average molecular weight is 331 g/mol. The first kappa shape index (κ1) is 17.4. The summed E-state index contributed by atoms with van der Waals surface area (Å²) in [6.45, 7) is 2.33. The summed E-state index contributed by atoms with van der Waals surface area (Å²) < 4.78 is 0. The predicted molar refractivity (Wildman–Crippen MR) is 103 cm³/mol. The minimum atomic E-state index is 0.807. The molecular formula is C22H34S. The summed E-state index contributed by atoms with van der Waals surface area (Å²) in [6, 6.07) is 8.91. The molecule has 0 heterocycles. The number of hydrogen-bond donors (Lipinski definition) is 1. The number of hydrogen-bond acceptors (Lipinski definition) is 1. The van der Waals surface area contributed by atoms with Gasteiger partial charge < -0.3 is 0 Å². The van der Waals surface area contributed by atoms with Crippen LogP contribution in [0.5, 0.6) is 0 Å². The van der Waals surface area contributed by atoms with Crippen LogP contribution >= 0.6 is 12.6 Å². The van der Waals surface area contributed by atoms with Crippen LogP contribution in [0.4, 0.5) is 0 Å². The van der Waals surface area contributed by atoms with Gasteiger partial charge in [-0.3, -0.25) is 0 Å². The highest BCUT2D eigenvalue weighted by Crippen LogP contribution is 2.44. The predicted octanol–water partition coefficient (Wildman–Crippen LogP) is 7.25. The second kappa shape index (κ2) is 8.60. The highest BCUT2D eigenvalue weighted by Gasteiger charge is 2.31. The smallest absolute Gasteiger partial charge is 0.00401 e. The summed E-state index contributed by atoms with van der Waals surface area (Å²) in [4.78, 5) is 1.09. The highest BCUT2D eigenvalue weighted by molar-refractivity contribution is 7.80. The molecule has 23 heavy (non-hydrogen) atoms. The maximum Gasteiger partial charge on any atom is 0.00401 e. The number of benzene rings is 1. The molecule has 128 valence electrons. The standard InChI is InChI=1S/C22H34S/c1-2-3-4-17-5-7-18(8-6-17)19-9-11-20(12-10-19)21-13-15-22(23)16-14-21/h13-20,23H,2-12H2,1H3. The van der Waals surface area contributed by atoms with E-state index < -0.39 is 0 Å². The van der Waals surface area contributed by atoms with E-state index in [0.29, 0.717) is 0 Å². The van der Waals surface area contributed by atoms with Crippen LogP contribution in [0.25, 0.3) is 0 Å². The van der Waals surface area contributed by atoms with Crippen LogP contribution in [0, 0.1) is 17.8 Å². The van der Waals surface area contributed by atoms with Gasteiger partial charge >= 0.3 is 0 Å². The molecule has 2 fully saturated rings. The molecule has 2 aliphatic rings. The molecule has 0 nitrogen and oxygen atoms in total. The average Bonchev–Trinajstić information content (AvgIpc) is 2.61. The van der Waals surface area contributed by atoms with Crippen LogP contribution in [0.2, 0.25) is 0 Å². The van der Waals surface area contributed by atoms with E-state index in [1.54, 1.807) is 5.56 Å². The highest BCUT2D eigenvalue weighted by atomic mass is 32.1. The number of rotatable bonds is 5. The Morgan fingerprint density at radius 1 is 0.826 bits per heavy atom. The molecule has 0 radical (unpaired) electrons. The van der Waals surface area contributed by atoms with Crippen LogP contribution in [-0.4, -0.2) is 0 Å². The van der Waals surface area contributed by atoms with Crippen molar-refractivity contribution in [2.24, 2.45) is 17.8 Å². The molecule has 0 atom stereocenters. The lowest BCUT2D eigenvalue weighted by atomic mass is 9.68. The first-order valence-electron chi connectivity index (χ1n) is 10.0.